The first kappa shape index (κ1) is 12.8. The Bertz CT molecular complexity index is 641. The fraction of sp³-hybridized carbons (Fsp3) is 0.0714. The number of aromatic nitrogens is 1. The Morgan fingerprint density at radius 3 is 1.67 bits per heavy atom. The Hall–Kier alpha value is -1.68. The molecule has 0 fully saturated rings. The second-order valence-corrected chi connectivity index (χ2v) is 4.12. The Morgan fingerprint density at radius 1 is 0.778 bits per heavy atom. The van der Waals surface area contributed by atoms with Crippen molar-refractivity contribution in [3.05, 3.63) is 54.6 Å². The third-order valence-corrected chi connectivity index (χ3v) is 3.00. The van der Waals surface area contributed by atoms with Crippen molar-refractivity contribution in [2.75, 3.05) is 0 Å². The number of rotatable bonds is 1. The number of pyridine rings is 1. The highest BCUT2D eigenvalue weighted by molar-refractivity contribution is 5.88. The Kier molecular flexibility index (Phi) is 3.48. The van der Waals surface area contributed by atoms with Crippen molar-refractivity contribution in [2.24, 2.45) is 11.5 Å². The average Bonchev–Trinajstić information content (AvgIpc) is 2.35. The molecule has 3 nitrogen and oxygen atoms in total. The summed E-state index contributed by atoms with van der Waals surface area (Å²) >= 11 is 0. The summed E-state index contributed by atoms with van der Waals surface area (Å²) in [6.07, 6.45) is -0.536. The number of fused-ring (bicyclic) bond motifs is 2. The smallest absolute Gasteiger partial charge is 0.266 e. The zero-order valence-electron chi connectivity index (χ0n) is 9.75. The quantitative estimate of drug-likeness (QED) is 0.323. The predicted octanol–water partition coefficient (Wildman–Crippen LogP) is -1.34. The van der Waals surface area contributed by atoms with Gasteiger partial charge in [-0.1, -0.05) is 24.3 Å². The lowest BCUT2D eigenvalue weighted by Crippen LogP contribution is -3.00. The minimum absolute atomic E-state index is 0. The largest absolute Gasteiger partial charge is 1.00 e. The van der Waals surface area contributed by atoms with Gasteiger partial charge in [0.25, 0.3) is 6.29 Å². The normalized spacial score (nSPS) is 10.8. The number of benzene rings is 2. The second kappa shape index (κ2) is 4.90. The van der Waals surface area contributed by atoms with Crippen LogP contribution in [0.5, 0.6) is 0 Å². The maximum atomic E-state index is 5.89. The van der Waals surface area contributed by atoms with Crippen molar-refractivity contribution in [1.29, 1.82) is 0 Å². The van der Waals surface area contributed by atoms with E-state index in [-0.39, 0.29) is 12.4 Å². The van der Waals surface area contributed by atoms with Crippen LogP contribution in [0.1, 0.15) is 6.29 Å². The summed E-state index contributed by atoms with van der Waals surface area (Å²) in [5, 5.41) is 2.29. The minimum Gasteiger partial charge on any atom is -1.00 e. The van der Waals surface area contributed by atoms with Crippen LogP contribution in [0, 0.1) is 0 Å². The molecule has 2 aromatic carbocycles. The van der Waals surface area contributed by atoms with Crippen LogP contribution in [0.15, 0.2) is 54.6 Å². The summed E-state index contributed by atoms with van der Waals surface area (Å²) in [5.41, 5.74) is 13.9. The molecule has 1 aromatic heterocycles. The molecule has 1 heterocycles. The molecule has 0 saturated heterocycles. The van der Waals surface area contributed by atoms with Crippen molar-refractivity contribution in [2.45, 2.75) is 6.29 Å². The highest BCUT2D eigenvalue weighted by atomic mass is 35.5. The first-order chi connectivity index (χ1) is 8.27. The fourth-order valence-electron chi connectivity index (χ4n) is 2.28. The standard InChI is InChI=1S/C14H14N3.ClH/c15-14(16)17-12-7-3-1-5-10(12)9-11-6-2-4-8-13(11)17;/h1-9,14H,15-16H2;1H/q+1;/p-1. The van der Waals surface area contributed by atoms with Gasteiger partial charge in [-0.2, -0.15) is 4.57 Å². The molecule has 4 N–H and O–H groups in total. The van der Waals surface area contributed by atoms with Crippen LogP contribution in [0.4, 0.5) is 0 Å². The molecule has 3 aromatic rings. The molecule has 0 unspecified atom stereocenters. The van der Waals surface area contributed by atoms with E-state index in [9.17, 15) is 0 Å². The van der Waals surface area contributed by atoms with Gasteiger partial charge in [0, 0.05) is 22.9 Å². The molecule has 0 radical (unpaired) electrons. The van der Waals surface area contributed by atoms with Crippen LogP contribution in [-0.4, -0.2) is 0 Å². The van der Waals surface area contributed by atoms with Gasteiger partial charge in [-0.3, -0.25) is 11.5 Å². The number of hydrogen-bond acceptors (Lipinski definition) is 2. The lowest BCUT2D eigenvalue weighted by atomic mass is 10.1. The van der Waals surface area contributed by atoms with E-state index >= 15 is 0 Å². The predicted molar refractivity (Wildman–Crippen MR) is 69.1 cm³/mol. The van der Waals surface area contributed by atoms with E-state index in [0.717, 1.165) is 21.8 Å². The summed E-state index contributed by atoms with van der Waals surface area (Å²) in [6.45, 7) is 0. The number of hydrogen-bond donors (Lipinski definition) is 2. The molecule has 0 aliphatic heterocycles. The van der Waals surface area contributed by atoms with E-state index in [1.54, 1.807) is 0 Å². The summed E-state index contributed by atoms with van der Waals surface area (Å²) in [4.78, 5) is 0. The summed E-state index contributed by atoms with van der Waals surface area (Å²) < 4.78 is 1.96. The van der Waals surface area contributed by atoms with E-state index in [1.165, 1.54) is 0 Å². The first-order valence-electron chi connectivity index (χ1n) is 5.60. The monoisotopic (exact) mass is 259 g/mol. The van der Waals surface area contributed by atoms with Crippen LogP contribution in [-0.2, 0) is 0 Å². The van der Waals surface area contributed by atoms with Crippen LogP contribution < -0.4 is 28.4 Å². The van der Waals surface area contributed by atoms with Gasteiger partial charge in [0.05, 0.1) is 0 Å². The number of halogens is 1. The number of para-hydroxylation sites is 2. The van der Waals surface area contributed by atoms with Gasteiger partial charge in [-0.05, 0) is 18.2 Å². The van der Waals surface area contributed by atoms with Crippen LogP contribution in [0.25, 0.3) is 21.8 Å². The first-order valence-corrected chi connectivity index (χ1v) is 5.60. The Morgan fingerprint density at radius 2 is 1.22 bits per heavy atom. The number of nitrogens with zero attached hydrogens (tertiary/aromatic N) is 1. The van der Waals surface area contributed by atoms with E-state index in [4.69, 9.17) is 11.5 Å². The van der Waals surface area contributed by atoms with Gasteiger partial charge in [0.15, 0.2) is 0 Å². The van der Waals surface area contributed by atoms with E-state index in [1.807, 2.05) is 41.0 Å². The molecule has 18 heavy (non-hydrogen) atoms. The SMILES string of the molecule is NC(N)[n+]1c2ccccc2cc2ccccc21.[Cl-]. The van der Waals surface area contributed by atoms with E-state index in [0.29, 0.717) is 0 Å². The van der Waals surface area contributed by atoms with E-state index < -0.39 is 6.29 Å². The fourth-order valence-corrected chi connectivity index (χ4v) is 2.28. The van der Waals surface area contributed by atoms with Crippen LogP contribution in [0.2, 0.25) is 0 Å². The minimum atomic E-state index is -0.536. The molecule has 0 spiro atoms. The third-order valence-electron chi connectivity index (χ3n) is 3.00. The zero-order chi connectivity index (χ0) is 11.8. The van der Waals surface area contributed by atoms with Gasteiger partial charge < -0.3 is 12.4 Å². The maximum absolute atomic E-state index is 5.89. The van der Waals surface area contributed by atoms with Gasteiger partial charge in [0.1, 0.15) is 0 Å². The molecule has 0 aliphatic rings. The Labute approximate surface area is 111 Å². The molecule has 0 saturated carbocycles. The highest BCUT2D eigenvalue weighted by Gasteiger charge is 2.17. The van der Waals surface area contributed by atoms with Gasteiger partial charge in [-0.15, -0.1) is 0 Å². The summed E-state index contributed by atoms with van der Waals surface area (Å²) in [7, 11) is 0. The third kappa shape index (κ3) is 1.93. The molecular weight excluding hydrogens is 246 g/mol. The molecule has 0 amide bonds. The highest BCUT2D eigenvalue weighted by Crippen LogP contribution is 2.18. The molecule has 4 heteroatoms. The topological polar surface area (TPSA) is 55.9 Å². The molecular formula is C14H14ClN3. The molecule has 0 bridgehead atoms. The van der Waals surface area contributed by atoms with Crippen LogP contribution in [0.3, 0.4) is 0 Å². The lowest BCUT2D eigenvalue weighted by molar-refractivity contribution is -0.672. The van der Waals surface area contributed by atoms with Gasteiger partial charge >= 0.3 is 0 Å². The molecule has 92 valence electrons. The Balaban J connectivity index is 0.00000120. The number of nitrogens with two attached hydrogens (primary N) is 2. The van der Waals surface area contributed by atoms with Crippen molar-refractivity contribution >= 4 is 21.8 Å². The summed E-state index contributed by atoms with van der Waals surface area (Å²) in [6, 6.07) is 18.4. The van der Waals surface area contributed by atoms with E-state index in [2.05, 4.69) is 18.2 Å². The van der Waals surface area contributed by atoms with Crippen molar-refractivity contribution in [1.82, 2.24) is 0 Å². The van der Waals surface area contributed by atoms with Crippen LogP contribution >= 0.6 is 0 Å². The maximum Gasteiger partial charge on any atom is 0.266 e. The zero-order valence-corrected chi connectivity index (χ0v) is 10.5. The van der Waals surface area contributed by atoms with Gasteiger partial charge in [0.2, 0.25) is 11.0 Å². The molecule has 3 rings (SSSR count). The van der Waals surface area contributed by atoms with Crippen molar-refractivity contribution < 1.29 is 17.0 Å². The molecule has 0 aliphatic carbocycles. The average molecular weight is 260 g/mol. The second-order valence-electron chi connectivity index (χ2n) is 4.12. The lowest BCUT2D eigenvalue weighted by Gasteiger charge is -2.07. The van der Waals surface area contributed by atoms with Gasteiger partial charge in [-0.25, -0.2) is 0 Å². The van der Waals surface area contributed by atoms with Crippen molar-refractivity contribution in [3.8, 4) is 0 Å². The van der Waals surface area contributed by atoms with Crippen molar-refractivity contribution in [3.63, 3.8) is 0 Å². The summed E-state index contributed by atoms with van der Waals surface area (Å²) in [5.74, 6) is 0. The molecule has 0 atom stereocenters.